The van der Waals surface area contributed by atoms with E-state index in [9.17, 15) is 47.7 Å². The minimum absolute atomic E-state index is 0.0726. The average molecular weight is 702 g/mol. The Morgan fingerprint density at radius 2 is 1.68 bits per heavy atom. The maximum atomic E-state index is 14.5. The van der Waals surface area contributed by atoms with Crippen molar-refractivity contribution < 1.29 is 52.4 Å². The van der Waals surface area contributed by atoms with Gasteiger partial charge in [-0.05, 0) is 71.7 Å². The number of β-amino-alcohol motifs (C(OH)–C–C–N with tert-alkyl or cyclic N) is 1. The number of ether oxygens (including phenoxy) is 1. The third kappa shape index (κ3) is 8.69. The summed E-state index contributed by atoms with van der Waals surface area (Å²) in [5.74, 6) is -4.96. The van der Waals surface area contributed by atoms with E-state index in [4.69, 9.17) is 4.74 Å². The van der Waals surface area contributed by atoms with Crippen LogP contribution in [0.25, 0.3) is 0 Å². The molecule has 2 heterocycles. The molecule has 10 nitrogen and oxygen atoms in total. The van der Waals surface area contributed by atoms with Crippen molar-refractivity contribution in [2.24, 2.45) is 0 Å². The number of nitrogens with zero attached hydrogens (tertiary/aromatic N) is 3. The Bertz CT molecular complexity index is 1520. The number of rotatable bonds is 7. The molecule has 3 N–H and O–H groups in total. The number of nitrogens with one attached hydrogen (secondary N) is 2. The van der Waals surface area contributed by atoms with Crippen molar-refractivity contribution in [2.75, 3.05) is 11.4 Å². The fourth-order valence-electron chi connectivity index (χ4n) is 5.70. The number of benzene rings is 1. The molecule has 2 aliphatic rings. The molecule has 47 heavy (non-hydrogen) atoms. The smallest absolute Gasteiger partial charge is 0.411 e. The van der Waals surface area contributed by atoms with Gasteiger partial charge in [-0.3, -0.25) is 19.4 Å². The number of hydrogen-bond acceptors (Lipinski definition) is 6. The minimum Gasteiger partial charge on any atom is -0.444 e. The highest BCUT2D eigenvalue weighted by molar-refractivity contribution is 8.45. The summed E-state index contributed by atoms with van der Waals surface area (Å²) < 4.78 is 101. The molecule has 0 bridgehead atoms. The molecule has 0 radical (unpaired) electrons. The summed E-state index contributed by atoms with van der Waals surface area (Å²) in [5, 5.41) is 13.5. The molecule has 264 valence electrons. The van der Waals surface area contributed by atoms with E-state index in [2.05, 4.69) is 15.3 Å². The maximum Gasteiger partial charge on any atom is 0.411 e. The number of carbonyl (C=O) groups is 3. The summed E-state index contributed by atoms with van der Waals surface area (Å²) in [6.07, 6.45) is -1.50. The lowest BCUT2D eigenvalue weighted by atomic mass is 9.92. The van der Waals surface area contributed by atoms with Gasteiger partial charge in [0, 0.05) is 36.7 Å². The van der Waals surface area contributed by atoms with Crippen molar-refractivity contribution in [3.05, 3.63) is 42.0 Å². The van der Waals surface area contributed by atoms with E-state index in [0.29, 0.717) is 17.0 Å². The van der Waals surface area contributed by atoms with Crippen molar-refractivity contribution in [2.45, 2.75) is 107 Å². The number of aromatic amines is 1. The quantitative estimate of drug-likeness (QED) is 0.270. The Kier molecular flexibility index (Phi) is 8.71. The Morgan fingerprint density at radius 1 is 1.11 bits per heavy atom. The van der Waals surface area contributed by atoms with Crippen LogP contribution in [0.4, 0.5) is 38.7 Å². The van der Waals surface area contributed by atoms with Gasteiger partial charge in [0.25, 0.3) is 5.91 Å². The predicted molar refractivity (Wildman–Crippen MR) is 159 cm³/mol. The number of H-pyrrole nitrogens is 1. The molecule has 3 amide bonds. The van der Waals surface area contributed by atoms with Crippen LogP contribution in [-0.4, -0.2) is 73.6 Å². The first-order chi connectivity index (χ1) is 21.2. The molecule has 1 saturated carbocycles. The zero-order chi connectivity index (χ0) is 35.4. The number of carbonyl (C=O) groups excluding carboxylic acids is 3. The molecule has 0 spiro atoms. The topological polar surface area (TPSA) is 128 Å². The number of hydrogen-bond donors (Lipinski definition) is 3. The van der Waals surface area contributed by atoms with Crippen LogP contribution in [0.3, 0.4) is 0 Å². The Balaban J connectivity index is 1.84. The van der Waals surface area contributed by atoms with Gasteiger partial charge in [-0.15, -0.1) is 0 Å². The number of amides is 3. The average Bonchev–Trinajstić information content (AvgIpc) is 3.47. The monoisotopic (exact) mass is 701 g/mol. The largest absolute Gasteiger partial charge is 0.444 e. The van der Waals surface area contributed by atoms with Gasteiger partial charge in [0.05, 0.1) is 24.2 Å². The molecule has 18 heteroatoms. The van der Waals surface area contributed by atoms with Gasteiger partial charge in [0.2, 0.25) is 11.8 Å². The lowest BCUT2D eigenvalue weighted by Gasteiger charge is -2.41. The first-order valence-electron chi connectivity index (χ1n) is 14.7. The van der Waals surface area contributed by atoms with Crippen LogP contribution in [0.15, 0.2) is 35.5 Å². The van der Waals surface area contributed by atoms with Gasteiger partial charge in [-0.25, -0.2) is 18.6 Å². The third-order valence-corrected chi connectivity index (χ3v) is 9.09. The first-order valence-corrected chi connectivity index (χ1v) is 16.7. The Morgan fingerprint density at radius 3 is 2.17 bits per heavy atom. The number of alkyl halides is 2. The summed E-state index contributed by atoms with van der Waals surface area (Å²) in [7, 11) is -10.2. The molecule has 2 aromatic rings. The van der Waals surface area contributed by atoms with Crippen molar-refractivity contribution in [1.82, 2.24) is 20.2 Å². The van der Waals surface area contributed by atoms with Crippen LogP contribution >= 0.6 is 10.2 Å². The molecule has 2 fully saturated rings. The van der Waals surface area contributed by atoms with Crippen LogP contribution in [0.1, 0.15) is 77.2 Å². The summed E-state index contributed by atoms with van der Waals surface area (Å²) >= 11 is 0. The van der Waals surface area contributed by atoms with E-state index in [1.54, 1.807) is 20.8 Å². The third-order valence-electron chi connectivity index (χ3n) is 7.93. The second-order valence-corrected chi connectivity index (χ2v) is 15.9. The van der Waals surface area contributed by atoms with E-state index in [1.165, 1.54) is 20.2 Å². The highest BCUT2D eigenvalue weighted by Gasteiger charge is 2.65. The number of likely N-dealkylation sites (tertiary alicyclic amines) is 1. The molecule has 1 aromatic heterocycles. The van der Waals surface area contributed by atoms with Crippen molar-refractivity contribution in [3.63, 3.8) is 0 Å². The van der Waals surface area contributed by atoms with Crippen molar-refractivity contribution in [1.29, 1.82) is 0 Å². The standard InChI is InChI=1S/C29H38F7N5O5S/c1-17-22(38-16-37-17)23(24(42)39-18-10-12-29(30,31)13-11-18)41(19-6-8-20(9-7-19)47(32,33,34,35)36)25(43)21-14-28(5,45)15-40(21)26(44)46-27(2,3)4/h6-9,16,18,21,23,45H,10-15H2,1-5H3,(H,37,38)(H,39,42)/t21-,23?,28-/m1/s1. The lowest BCUT2D eigenvalue weighted by molar-refractivity contribution is -0.129. The molecular formula is C29H38F7N5O5S. The van der Waals surface area contributed by atoms with E-state index >= 15 is 0 Å². The van der Waals surface area contributed by atoms with E-state index in [1.807, 2.05) is 0 Å². The molecule has 1 aromatic carbocycles. The first kappa shape index (κ1) is 36.3. The summed E-state index contributed by atoms with van der Waals surface area (Å²) in [6, 6.07) is -2.78. The maximum absolute atomic E-state index is 14.5. The number of aromatic nitrogens is 2. The Hall–Kier alpha value is -3.54. The molecular weight excluding hydrogens is 663 g/mol. The van der Waals surface area contributed by atoms with E-state index in [-0.39, 0.29) is 36.4 Å². The fourth-order valence-corrected chi connectivity index (χ4v) is 6.35. The van der Waals surface area contributed by atoms with Gasteiger partial charge in [0.1, 0.15) is 16.5 Å². The van der Waals surface area contributed by atoms with E-state index < -0.39 is 99.8 Å². The van der Waals surface area contributed by atoms with Gasteiger partial charge < -0.3 is 20.1 Å². The second-order valence-electron chi connectivity index (χ2n) is 13.5. The Labute approximate surface area is 266 Å². The van der Waals surface area contributed by atoms with Crippen LogP contribution < -0.4 is 10.2 Å². The second kappa shape index (κ2) is 11.3. The number of aryl methyl sites for hydroxylation is 1. The predicted octanol–water partition coefficient (Wildman–Crippen LogP) is 6.90. The molecule has 1 aliphatic carbocycles. The van der Waals surface area contributed by atoms with Crippen molar-refractivity contribution >= 4 is 33.8 Å². The van der Waals surface area contributed by atoms with Crippen molar-refractivity contribution in [3.8, 4) is 0 Å². The molecule has 3 atom stereocenters. The van der Waals surface area contributed by atoms with Gasteiger partial charge in [0.15, 0.2) is 6.04 Å². The lowest BCUT2D eigenvalue weighted by Crippen LogP contribution is -2.54. The number of halogens is 7. The highest BCUT2D eigenvalue weighted by atomic mass is 32.5. The summed E-state index contributed by atoms with van der Waals surface area (Å²) in [6.45, 7) is 7.10. The van der Waals surface area contributed by atoms with E-state index in [0.717, 1.165) is 4.90 Å². The zero-order valence-electron chi connectivity index (χ0n) is 26.3. The van der Waals surface area contributed by atoms with Crippen LogP contribution in [0, 0.1) is 6.92 Å². The molecule has 1 aliphatic heterocycles. The number of aliphatic hydroxyl groups is 1. The SMILES string of the molecule is Cc1[nH]cnc1C(C(=O)NC1CCC(F)(F)CC1)N(C(=O)[C@H]1C[C@@](C)(O)CN1C(=O)OC(C)(C)C)c1ccc(S(F)(F)(F)(F)F)cc1. The van der Waals surface area contributed by atoms with Crippen LogP contribution in [0.2, 0.25) is 0 Å². The zero-order valence-corrected chi connectivity index (χ0v) is 27.2. The minimum atomic E-state index is -10.2. The van der Waals surface area contributed by atoms with Gasteiger partial charge >= 0.3 is 16.3 Å². The number of anilines is 1. The summed E-state index contributed by atoms with van der Waals surface area (Å²) in [4.78, 5) is 48.0. The highest BCUT2D eigenvalue weighted by Crippen LogP contribution is 3.02. The molecule has 1 unspecified atom stereocenters. The van der Waals surface area contributed by atoms with Crippen LogP contribution in [0.5, 0.6) is 0 Å². The number of imidazole rings is 1. The molecule has 1 saturated heterocycles. The normalized spacial score (nSPS) is 24.2. The van der Waals surface area contributed by atoms with Crippen LogP contribution in [-0.2, 0) is 14.3 Å². The fraction of sp³-hybridized carbons (Fsp3) is 0.586. The van der Waals surface area contributed by atoms with Gasteiger partial charge in [-0.2, -0.15) is 0 Å². The molecule has 4 rings (SSSR count). The summed E-state index contributed by atoms with van der Waals surface area (Å²) in [5.41, 5.74) is -2.99. The van der Waals surface area contributed by atoms with Gasteiger partial charge in [-0.1, -0.05) is 19.4 Å².